The van der Waals surface area contributed by atoms with Crippen molar-refractivity contribution in [2.75, 3.05) is 5.32 Å². The predicted molar refractivity (Wildman–Crippen MR) is 136 cm³/mol. The van der Waals surface area contributed by atoms with Gasteiger partial charge in [0.25, 0.3) is 5.91 Å². The number of amides is 1. The molecule has 0 aliphatic rings. The van der Waals surface area contributed by atoms with Gasteiger partial charge in [0, 0.05) is 11.3 Å². The second-order valence-electron chi connectivity index (χ2n) is 7.86. The van der Waals surface area contributed by atoms with Crippen molar-refractivity contribution in [2.45, 2.75) is 10.1 Å². The Morgan fingerprint density at radius 1 is 0.889 bits per heavy atom. The summed E-state index contributed by atoms with van der Waals surface area (Å²) in [5.41, 5.74) is 1.27. The molecule has 5 aromatic rings. The maximum absolute atomic E-state index is 13.0. The summed E-state index contributed by atoms with van der Waals surface area (Å²) >= 11 is 0.846. The fraction of sp³-hybridized carbons (Fsp3) is 0.0385. The van der Waals surface area contributed by atoms with Gasteiger partial charge in [0.1, 0.15) is 11.6 Å². The van der Waals surface area contributed by atoms with E-state index in [0.717, 1.165) is 22.1 Å². The number of nitrogens with zero attached hydrogens (tertiary/aromatic N) is 2. The molecule has 1 N–H and O–H groups in total. The van der Waals surface area contributed by atoms with Crippen molar-refractivity contribution >= 4 is 43.5 Å². The maximum Gasteiger partial charge on any atom is 0.300 e. The Bertz CT molecular complexity index is 1650. The number of benzene rings is 4. The van der Waals surface area contributed by atoms with E-state index in [-0.39, 0.29) is 15.3 Å². The van der Waals surface area contributed by atoms with Crippen LogP contribution in [0.2, 0.25) is 0 Å². The molecule has 0 fully saturated rings. The van der Waals surface area contributed by atoms with Crippen LogP contribution in [0.15, 0.2) is 95.3 Å². The molecule has 4 aromatic carbocycles. The number of anilines is 1. The average molecular weight is 520 g/mol. The van der Waals surface area contributed by atoms with Gasteiger partial charge in [-0.3, -0.25) is 4.79 Å². The summed E-state index contributed by atoms with van der Waals surface area (Å²) in [6.45, 7) is 0. The van der Waals surface area contributed by atoms with Gasteiger partial charge in [0.15, 0.2) is 0 Å². The predicted octanol–water partition coefficient (Wildman–Crippen LogP) is 5.85. The van der Waals surface area contributed by atoms with Gasteiger partial charge in [-0.05, 0) is 76.2 Å². The Hall–Kier alpha value is -4.15. The molecule has 0 spiro atoms. The van der Waals surface area contributed by atoms with Gasteiger partial charge in [-0.2, -0.15) is 0 Å². The van der Waals surface area contributed by atoms with Gasteiger partial charge in [0.05, 0.1) is 5.75 Å². The average Bonchev–Trinajstić information content (AvgIpc) is 3.35. The van der Waals surface area contributed by atoms with Crippen LogP contribution in [0.25, 0.3) is 10.8 Å². The summed E-state index contributed by atoms with van der Waals surface area (Å²) < 4.78 is 44.3. The lowest BCUT2D eigenvalue weighted by Crippen LogP contribution is -2.12. The molecule has 5 rings (SSSR count). The molecule has 0 radical (unpaired) electrons. The highest BCUT2D eigenvalue weighted by atomic mass is 32.2. The van der Waals surface area contributed by atoms with Gasteiger partial charge in [-0.1, -0.05) is 47.6 Å². The van der Waals surface area contributed by atoms with E-state index in [9.17, 15) is 17.6 Å². The van der Waals surface area contributed by atoms with Crippen LogP contribution in [0.4, 0.5) is 10.1 Å². The number of carbonyl (C=O) groups is 1. The maximum atomic E-state index is 13.0. The molecule has 1 amide bonds. The molecule has 36 heavy (non-hydrogen) atoms. The van der Waals surface area contributed by atoms with Crippen molar-refractivity contribution in [3.05, 3.63) is 108 Å². The highest BCUT2D eigenvalue weighted by Crippen LogP contribution is 2.30. The normalized spacial score (nSPS) is 11.4. The monoisotopic (exact) mass is 519 g/mol. The van der Waals surface area contributed by atoms with E-state index in [2.05, 4.69) is 15.5 Å². The summed E-state index contributed by atoms with van der Waals surface area (Å²) in [5.74, 6) is -0.572. The summed E-state index contributed by atoms with van der Waals surface area (Å²) in [5, 5.41) is 12.5. The number of hydrogen-bond donors (Lipinski definition) is 1. The molecule has 0 atom stereocenters. The number of ether oxygens (including phenoxy) is 1. The molecule has 7 nitrogen and oxygen atoms in total. The van der Waals surface area contributed by atoms with Gasteiger partial charge in [-0.15, -0.1) is 5.10 Å². The molecule has 0 unspecified atom stereocenters. The Kier molecular flexibility index (Phi) is 6.45. The van der Waals surface area contributed by atoms with E-state index in [1.165, 1.54) is 36.4 Å². The van der Waals surface area contributed by atoms with E-state index in [0.29, 0.717) is 22.6 Å². The third-order valence-corrected chi connectivity index (χ3v) is 8.19. The van der Waals surface area contributed by atoms with Gasteiger partial charge >= 0.3 is 5.19 Å². The molecule has 0 aliphatic heterocycles. The first-order valence-corrected chi connectivity index (χ1v) is 13.2. The lowest BCUT2D eigenvalue weighted by molar-refractivity contribution is 0.102. The first kappa shape index (κ1) is 23.6. The number of hydrogen-bond acceptors (Lipinski definition) is 7. The molecule has 0 bridgehead atoms. The van der Waals surface area contributed by atoms with Crippen molar-refractivity contribution in [3.63, 3.8) is 0 Å². The van der Waals surface area contributed by atoms with Crippen molar-refractivity contribution in [1.29, 1.82) is 0 Å². The molecule has 10 heteroatoms. The zero-order valence-electron chi connectivity index (χ0n) is 18.6. The zero-order valence-corrected chi connectivity index (χ0v) is 20.2. The highest BCUT2D eigenvalue weighted by Gasteiger charge is 2.22. The molecule has 0 aliphatic carbocycles. The van der Waals surface area contributed by atoms with Crippen LogP contribution in [0.3, 0.4) is 0 Å². The lowest BCUT2D eigenvalue weighted by Gasteiger charge is -2.06. The third-order valence-electron chi connectivity index (χ3n) is 5.25. The van der Waals surface area contributed by atoms with Crippen LogP contribution >= 0.6 is 11.3 Å². The number of nitrogens with one attached hydrogen (secondary N) is 1. The number of halogens is 1. The quantitative estimate of drug-likeness (QED) is 0.290. The van der Waals surface area contributed by atoms with E-state index >= 15 is 0 Å². The molecule has 0 saturated carbocycles. The zero-order chi connectivity index (χ0) is 25.1. The van der Waals surface area contributed by atoms with Crippen LogP contribution in [0.5, 0.6) is 10.9 Å². The van der Waals surface area contributed by atoms with E-state index < -0.39 is 21.6 Å². The van der Waals surface area contributed by atoms with Gasteiger partial charge in [0.2, 0.25) is 14.2 Å². The minimum absolute atomic E-state index is 0.122. The van der Waals surface area contributed by atoms with Crippen LogP contribution in [0.1, 0.15) is 15.9 Å². The highest BCUT2D eigenvalue weighted by molar-refractivity contribution is 7.92. The van der Waals surface area contributed by atoms with Crippen LogP contribution in [0, 0.1) is 5.82 Å². The van der Waals surface area contributed by atoms with Gasteiger partial charge < -0.3 is 10.1 Å². The largest absolute Gasteiger partial charge is 0.430 e. The van der Waals surface area contributed by atoms with Crippen LogP contribution < -0.4 is 10.1 Å². The lowest BCUT2D eigenvalue weighted by atomic mass is 10.1. The topological polar surface area (TPSA) is 98.2 Å². The summed E-state index contributed by atoms with van der Waals surface area (Å²) in [6.07, 6.45) is 0. The first-order valence-electron chi connectivity index (χ1n) is 10.7. The molecule has 1 aromatic heterocycles. The van der Waals surface area contributed by atoms with E-state index in [4.69, 9.17) is 4.74 Å². The number of rotatable bonds is 7. The van der Waals surface area contributed by atoms with Crippen LogP contribution in [-0.4, -0.2) is 24.5 Å². The van der Waals surface area contributed by atoms with E-state index in [1.54, 1.807) is 18.2 Å². The number of sulfone groups is 1. The second kappa shape index (κ2) is 9.84. The van der Waals surface area contributed by atoms with E-state index in [1.807, 2.05) is 36.4 Å². The summed E-state index contributed by atoms with van der Waals surface area (Å²) in [7, 11) is -3.78. The smallest absolute Gasteiger partial charge is 0.300 e. The standard InChI is InChI=1S/C26H18FN3O4S2/c27-21-10-12-22(13-11-21)28-24(31)19-7-5-17(6-8-19)16-36(32,33)26-30-29-25(35-26)34-23-14-9-18-3-1-2-4-20(18)15-23/h1-15H,16H2,(H,28,31). The summed E-state index contributed by atoms with van der Waals surface area (Å²) in [4.78, 5) is 12.4. The molecule has 1 heterocycles. The molecule has 180 valence electrons. The van der Waals surface area contributed by atoms with Crippen molar-refractivity contribution < 1.29 is 22.3 Å². The van der Waals surface area contributed by atoms with Crippen molar-refractivity contribution in [3.8, 4) is 10.9 Å². The fourth-order valence-corrected chi connectivity index (χ4v) is 5.73. The SMILES string of the molecule is O=C(Nc1ccc(F)cc1)c1ccc(CS(=O)(=O)c2nnc(Oc3ccc4ccccc4c3)s2)cc1. The Morgan fingerprint density at radius 3 is 2.36 bits per heavy atom. The number of carbonyl (C=O) groups excluding carboxylic acids is 1. The first-order chi connectivity index (χ1) is 17.4. The van der Waals surface area contributed by atoms with Crippen LogP contribution in [-0.2, 0) is 15.6 Å². The van der Waals surface area contributed by atoms with Gasteiger partial charge in [-0.25, -0.2) is 12.8 Å². The Morgan fingerprint density at radius 2 is 1.61 bits per heavy atom. The molecule has 0 saturated heterocycles. The fourth-order valence-electron chi connectivity index (χ4n) is 3.47. The third kappa shape index (κ3) is 5.40. The molecular weight excluding hydrogens is 501 g/mol. The number of aromatic nitrogens is 2. The summed E-state index contributed by atoms with van der Waals surface area (Å²) in [6, 6.07) is 24.9. The minimum atomic E-state index is -3.78. The molecular formula is C26H18FN3O4S2. The minimum Gasteiger partial charge on any atom is -0.430 e. The van der Waals surface area contributed by atoms with Crippen molar-refractivity contribution in [2.24, 2.45) is 0 Å². The second-order valence-corrected chi connectivity index (χ2v) is 11.0. The number of fused-ring (bicyclic) bond motifs is 1. The van der Waals surface area contributed by atoms with Crippen molar-refractivity contribution in [1.82, 2.24) is 10.2 Å². The Balaban J connectivity index is 1.24. The Labute approximate surface area is 210 Å².